The number of rotatable bonds is 8. The van der Waals surface area contributed by atoms with Crippen LogP contribution in [0.3, 0.4) is 0 Å². The first kappa shape index (κ1) is 19.6. The van der Waals surface area contributed by atoms with E-state index in [0.717, 1.165) is 23.1 Å². The molecule has 0 aromatic heterocycles. The lowest BCUT2D eigenvalue weighted by Crippen LogP contribution is -2.25. The van der Waals surface area contributed by atoms with Crippen LogP contribution in [0, 0.1) is 6.92 Å². The fraction of sp³-hybridized carbons (Fsp3) is 0.318. The van der Waals surface area contributed by atoms with Crippen molar-refractivity contribution in [3.63, 3.8) is 0 Å². The van der Waals surface area contributed by atoms with Gasteiger partial charge in [-0.2, -0.15) is 0 Å². The summed E-state index contributed by atoms with van der Waals surface area (Å²) in [5.41, 5.74) is 3.16. The molecule has 26 heavy (non-hydrogen) atoms. The van der Waals surface area contributed by atoms with Crippen molar-refractivity contribution in [2.24, 2.45) is 0 Å². The van der Waals surface area contributed by atoms with Gasteiger partial charge in [0.25, 0.3) is 0 Å². The predicted molar refractivity (Wildman–Crippen MR) is 106 cm³/mol. The Bertz CT molecular complexity index is 768. The number of amides is 1. The highest BCUT2D eigenvalue weighted by Gasteiger charge is 2.09. The maximum atomic E-state index is 12.2. The molecule has 138 valence electrons. The molecule has 0 aliphatic heterocycles. The summed E-state index contributed by atoms with van der Waals surface area (Å²) in [7, 11) is 1.61. The van der Waals surface area contributed by atoms with Gasteiger partial charge < -0.3 is 14.8 Å². The van der Waals surface area contributed by atoms with Crippen LogP contribution in [0.5, 0.6) is 11.5 Å². The summed E-state index contributed by atoms with van der Waals surface area (Å²) in [5, 5.41) is 2.99. The van der Waals surface area contributed by atoms with Gasteiger partial charge in [-0.15, -0.1) is 0 Å². The second kappa shape index (κ2) is 9.66. The smallest absolute Gasteiger partial charge is 0.244 e. The van der Waals surface area contributed by atoms with E-state index >= 15 is 0 Å². The van der Waals surface area contributed by atoms with E-state index in [4.69, 9.17) is 9.47 Å². The first-order valence-corrected chi connectivity index (χ1v) is 8.90. The summed E-state index contributed by atoms with van der Waals surface area (Å²) in [6.45, 7) is 6.73. The number of hydrogen-bond acceptors (Lipinski definition) is 3. The van der Waals surface area contributed by atoms with Crippen molar-refractivity contribution in [1.82, 2.24) is 5.32 Å². The SMILES string of the molecule is CCCOc1ccc(/C=C/C(=O)NC(C)c2ccccc2C)cc1OC. The van der Waals surface area contributed by atoms with Gasteiger partial charge >= 0.3 is 0 Å². The second-order valence-electron chi connectivity index (χ2n) is 6.18. The molecule has 0 heterocycles. The Morgan fingerprint density at radius 1 is 1.19 bits per heavy atom. The van der Waals surface area contributed by atoms with Crippen molar-refractivity contribution >= 4 is 12.0 Å². The highest BCUT2D eigenvalue weighted by Crippen LogP contribution is 2.28. The zero-order valence-corrected chi connectivity index (χ0v) is 15.9. The van der Waals surface area contributed by atoms with Gasteiger partial charge in [0.2, 0.25) is 5.91 Å². The highest BCUT2D eigenvalue weighted by molar-refractivity contribution is 5.92. The normalized spacial score (nSPS) is 12.0. The lowest BCUT2D eigenvalue weighted by molar-refractivity contribution is -0.117. The summed E-state index contributed by atoms with van der Waals surface area (Å²) in [4.78, 5) is 12.2. The first-order chi connectivity index (χ1) is 12.5. The third-order valence-corrected chi connectivity index (χ3v) is 4.09. The number of carbonyl (C=O) groups excluding carboxylic acids is 1. The minimum atomic E-state index is -0.133. The molecule has 0 saturated carbocycles. The minimum Gasteiger partial charge on any atom is -0.493 e. The summed E-state index contributed by atoms with van der Waals surface area (Å²) in [6, 6.07) is 13.6. The molecular weight excluding hydrogens is 326 g/mol. The number of nitrogens with one attached hydrogen (secondary N) is 1. The molecule has 0 radical (unpaired) electrons. The standard InChI is InChI=1S/C22H27NO3/c1-5-14-26-20-12-10-18(15-21(20)25-4)11-13-22(24)23-17(3)19-9-7-6-8-16(19)2/h6-13,15,17H,5,14H2,1-4H3,(H,23,24)/b13-11+. The third-order valence-electron chi connectivity index (χ3n) is 4.09. The van der Waals surface area contributed by atoms with E-state index in [1.807, 2.05) is 56.3 Å². The van der Waals surface area contributed by atoms with E-state index in [9.17, 15) is 4.79 Å². The Labute approximate surface area is 155 Å². The van der Waals surface area contributed by atoms with Crippen molar-refractivity contribution in [1.29, 1.82) is 0 Å². The molecule has 2 rings (SSSR count). The Hall–Kier alpha value is -2.75. The van der Waals surface area contributed by atoms with Crippen molar-refractivity contribution in [2.45, 2.75) is 33.2 Å². The van der Waals surface area contributed by atoms with Gasteiger partial charge in [0.1, 0.15) is 0 Å². The number of hydrogen-bond donors (Lipinski definition) is 1. The largest absolute Gasteiger partial charge is 0.493 e. The van der Waals surface area contributed by atoms with Gasteiger partial charge in [-0.1, -0.05) is 37.3 Å². The van der Waals surface area contributed by atoms with Crippen LogP contribution in [0.1, 0.15) is 43.0 Å². The van der Waals surface area contributed by atoms with Crippen LogP contribution in [0.15, 0.2) is 48.5 Å². The lowest BCUT2D eigenvalue weighted by Gasteiger charge is -2.15. The van der Waals surface area contributed by atoms with E-state index in [1.54, 1.807) is 13.2 Å². The van der Waals surface area contributed by atoms with E-state index in [1.165, 1.54) is 6.08 Å². The van der Waals surface area contributed by atoms with Gasteiger partial charge in [-0.3, -0.25) is 4.79 Å². The van der Waals surface area contributed by atoms with Crippen molar-refractivity contribution < 1.29 is 14.3 Å². The van der Waals surface area contributed by atoms with E-state index < -0.39 is 0 Å². The molecule has 1 amide bonds. The zero-order chi connectivity index (χ0) is 18.9. The average molecular weight is 353 g/mol. The van der Waals surface area contributed by atoms with Gasteiger partial charge in [0.05, 0.1) is 19.8 Å². The molecule has 0 bridgehead atoms. The number of benzene rings is 2. The fourth-order valence-corrected chi connectivity index (χ4v) is 2.70. The molecule has 0 spiro atoms. The molecule has 1 atom stereocenters. The van der Waals surface area contributed by atoms with E-state index in [0.29, 0.717) is 18.1 Å². The molecule has 1 N–H and O–H groups in total. The molecule has 4 heteroatoms. The Morgan fingerprint density at radius 2 is 1.96 bits per heavy atom. The Morgan fingerprint density at radius 3 is 2.65 bits per heavy atom. The number of methoxy groups -OCH3 is 1. The number of ether oxygens (including phenoxy) is 2. The lowest BCUT2D eigenvalue weighted by atomic mass is 10.0. The maximum Gasteiger partial charge on any atom is 0.244 e. The van der Waals surface area contributed by atoms with Gasteiger partial charge in [-0.05, 0) is 55.2 Å². The van der Waals surface area contributed by atoms with Gasteiger partial charge in [0, 0.05) is 6.08 Å². The monoisotopic (exact) mass is 353 g/mol. The topological polar surface area (TPSA) is 47.6 Å². The molecule has 2 aromatic carbocycles. The third kappa shape index (κ3) is 5.38. The van der Waals surface area contributed by atoms with Crippen LogP contribution in [0.2, 0.25) is 0 Å². The summed E-state index contributed by atoms with van der Waals surface area (Å²) in [6.07, 6.45) is 4.24. The number of aryl methyl sites for hydroxylation is 1. The quantitative estimate of drug-likeness (QED) is 0.701. The molecule has 0 saturated heterocycles. The molecule has 4 nitrogen and oxygen atoms in total. The van der Waals surface area contributed by atoms with Crippen molar-refractivity contribution in [3.8, 4) is 11.5 Å². The van der Waals surface area contributed by atoms with Crippen molar-refractivity contribution in [2.75, 3.05) is 13.7 Å². The molecule has 0 aliphatic rings. The summed E-state index contributed by atoms with van der Waals surface area (Å²) >= 11 is 0. The molecule has 0 aliphatic carbocycles. The van der Waals surface area contributed by atoms with Crippen LogP contribution in [0.4, 0.5) is 0 Å². The van der Waals surface area contributed by atoms with Crippen molar-refractivity contribution in [3.05, 3.63) is 65.2 Å². The first-order valence-electron chi connectivity index (χ1n) is 8.90. The van der Waals surface area contributed by atoms with E-state index in [2.05, 4.69) is 12.2 Å². The van der Waals surface area contributed by atoms with Crippen LogP contribution in [-0.2, 0) is 4.79 Å². The highest BCUT2D eigenvalue weighted by atomic mass is 16.5. The van der Waals surface area contributed by atoms with Crippen LogP contribution < -0.4 is 14.8 Å². The van der Waals surface area contributed by atoms with E-state index in [-0.39, 0.29) is 11.9 Å². The predicted octanol–water partition coefficient (Wildman–Crippen LogP) is 4.68. The zero-order valence-electron chi connectivity index (χ0n) is 15.9. The molecular formula is C22H27NO3. The Kier molecular flexibility index (Phi) is 7.27. The molecule has 0 fully saturated rings. The molecule has 1 unspecified atom stereocenters. The van der Waals surface area contributed by atoms with Gasteiger partial charge in [0.15, 0.2) is 11.5 Å². The second-order valence-corrected chi connectivity index (χ2v) is 6.18. The van der Waals surface area contributed by atoms with Crippen LogP contribution >= 0.6 is 0 Å². The summed E-state index contributed by atoms with van der Waals surface area (Å²) in [5.74, 6) is 1.24. The average Bonchev–Trinajstić information content (AvgIpc) is 2.65. The summed E-state index contributed by atoms with van der Waals surface area (Å²) < 4.78 is 11.0. The number of carbonyl (C=O) groups is 1. The van der Waals surface area contributed by atoms with Gasteiger partial charge in [-0.25, -0.2) is 0 Å². The van der Waals surface area contributed by atoms with Crippen LogP contribution in [-0.4, -0.2) is 19.6 Å². The van der Waals surface area contributed by atoms with Crippen LogP contribution in [0.25, 0.3) is 6.08 Å². The fourth-order valence-electron chi connectivity index (χ4n) is 2.70. The Balaban J connectivity index is 2.02. The minimum absolute atomic E-state index is 0.0484. The maximum absolute atomic E-state index is 12.2. The molecule has 2 aromatic rings.